The van der Waals surface area contributed by atoms with Crippen molar-refractivity contribution < 1.29 is 118 Å². The van der Waals surface area contributed by atoms with Gasteiger partial charge in [0.25, 0.3) is 0 Å². The van der Waals surface area contributed by atoms with E-state index < -0.39 is 29.0 Å². The van der Waals surface area contributed by atoms with Gasteiger partial charge in [0.1, 0.15) is 0 Å². The SMILES string of the molecule is O=C([O-])CCN(Cc1cccc(Br)c1)Cc1ccc(C(=O)[O-])c(C(=O)[O-])c1.[Na+].[Na+].[Na+]. The molecular weight excluding hydrogens is 487 g/mol. The average molecular weight is 502 g/mol. The fraction of sp³-hybridized carbons (Fsp3) is 0.211. The van der Waals surface area contributed by atoms with E-state index in [0.717, 1.165) is 16.1 Å². The molecule has 0 atom stereocenters. The third kappa shape index (κ3) is 10.7. The minimum absolute atomic E-state index is 0. The van der Waals surface area contributed by atoms with Gasteiger partial charge in [-0.25, -0.2) is 0 Å². The van der Waals surface area contributed by atoms with Gasteiger partial charge in [-0.1, -0.05) is 40.2 Å². The van der Waals surface area contributed by atoms with Gasteiger partial charge in [-0.3, -0.25) is 4.90 Å². The molecule has 0 saturated heterocycles. The third-order valence-electron chi connectivity index (χ3n) is 3.86. The summed E-state index contributed by atoms with van der Waals surface area (Å²) < 4.78 is 0.873. The van der Waals surface area contributed by atoms with Crippen molar-refractivity contribution in [2.24, 2.45) is 0 Å². The van der Waals surface area contributed by atoms with Gasteiger partial charge < -0.3 is 29.7 Å². The Balaban J connectivity index is 0. The molecule has 0 aliphatic rings. The van der Waals surface area contributed by atoms with Crippen LogP contribution in [0.4, 0.5) is 0 Å². The van der Waals surface area contributed by atoms with E-state index in [1.54, 1.807) is 4.90 Å². The smallest absolute Gasteiger partial charge is 0.550 e. The van der Waals surface area contributed by atoms with Gasteiger partial charge in [0.2, 0.25) is 0 Å². The van der Waals surface area contributed by atoms with Crippen molar-refractivity contribution >= 4 is 33.8 Å². The van der Waals surface area contributed by atoms with Crippen LogP contribution in [0.5, 0.6) is 0 Å². The molecule has 0 saturated carbocycles. The summed E-state index contributed by atoms with van der Waals surface area (Å²) >= 11 is 3.37. The molecule has 0 unspecified atom stereocenters. The molecule has 0 aliphatic carbocycles. The molecule has 30 heavy (non-hydrogen) atoms. The van der Waals surface area contributed by atoms with Gasteiger partial charge in [0.05, 0.1) is 11.9 Å². The Morgan fingerprint density at radius 2 is 1.37 bits per heavy atom. The summed E-state index contributed by atoms with van der Waals surface area (Å²) in [6.07, 6.45) is -0.196. The number of hydrogen-bond donors (Lipinski definition) is 0. The number of benzene rings is 2. The second-order valence-corrected chi connectivity index (χ2v) is 6.83. The number of carboxylic acids is 3. The Bertz CT molecular complexity index is 881. The molecule has 0 heterocycles. The first-order valence-electron chi connectivity index (χ1n) is 7.98. The predicted molar refractivity (Wildman–Crippen MR) is 93.0 cm³/mol. The quantitative estimate of drug-likeness (QED) is 0.312. The first-order chi connectivity index (χ1) is 12.8. The van der Waals surface area contributed by atoms with Gasteiger partial charge in [0, 0.05) is 41.2 Å². The Morgan fingerprint density at radius 1 is 0.800 bits per heavy atom. The van der Waals surface area contributed by atoms with Gasteiger partial charge >= 0.3 is 88.7 Å². The average Bonchev–Trinajstić information content (AvgIpc) is 2.59. The summed E-state index contributed by atoms with van der Waals surface area (Å²) in [6.45, 7) is 0.806. The first kappa shape index (κ1) is 32.5. The summed E-state index contributed by atoms with van der Waals surface area (Å²) in [5.74, 6) is -4.43. The van der Waals surface area contributed by atoms with Crippen molar-refractivity contribution in [1.29, 1.82) is 0 Å². The van der Waals surface area contributed by atoms with Crippen molar-refractivity contribution in [3.8, 4) is 0 Å². The van der Waals surface area contributed by atoms with Gasteiger partial charge in [-0.15, -0.1) is 0 Å². The van der Waals surface area contributed by atoms with Crippen LogP contribution in [0.15, 0.2) is 46.9 Å². The van der Waals surface area contributed by atoms with Crippen LogP contribution >= 0.6 is 15.9 Å². The Kier molecular flexibility index (Phi) is 17.3. The van der Waals surface area contributed by atoms with E-state index in [1.807, 2.05) is 24.3 Å². The summed E-state index contributed by atoms with van der Waals surface area (Å²) in [7, 11) is 0. The van der Waals surface area contributed by atoms with E-state index in [4.69, 9.17) is 0 Å². The van der Waals surface area contributed by atoms with Crippen LogP contribution < -0.4 is 104 Å². The van der Waals surface area contributed by atoms with Crippen molar-refractivity contribution in [2.75, 3.05) is 6.54 Å². The summed E-state index contributed by atoms with van der Waals surface area (Å²) in [5, 5.41) is 33.0. The zero-order chi connectivity index (χ0) is 20.0. The second kappa shape index (κ2) is 16.0. The number of halogens is 1. The molecule has 0 aromatic heterocycles. The molecular formula is C19H15BrNNa3O6. The second-order valence-electron chi connectivity index (χ2n) is 5.92. The summed E-state index contributed by atoms with van der Waals surface area (Å²) in [5.41, 5.74) is 0.489. The Morgan fingerprint density at radius 3 is 1.87 bits per heavy atom. The fourth-order valence-electron chi connectivity index (χ4n) is 2.65. The third-order valence-corrected chi connectivity index (χ3v) is 4.35. The number of aliphatic carboxylic acids is 1. The molecule has 0 spiro atoms. The molecule has 2 aromatic rings. The first-order valence-corrected chi connectivity index (χ1v) is 8.78. The van der Waals surface area contributed by atoms with E-state index >= 15 is 0 Å². The number of carboxylic acid groups (broad SMARTS) is 3. The maximum atomic E-state index is 11.2. The van der Waals surface area contributed by atoms with Gasteiger partial charge in [-0.05, 0) is 35.7 Å². The maximum Gasteiger partial charge on any atom is 1.00 e. The standard InChI is InChI=1S/C19H18BrNO6.3Na/c20-14-3-1-2-12(8-14)10-21(7-6-17(22)23)11-13-4-5-15(18(24)25)16(9-13)19(26)27;;;/h1-5,8-9H,6-7,10-11H2,(H,22,23)(H,24,25)(H,26,27);;;/q;3*+1/p-3. The van der Waals surface area contributed by atoms with Crippen molar-refractivity contribution in [2.45, 2.75) is 19.5 Å². The van der Waals surface area contributed by atoms with Crippen LogP contribution in [0.3, 0.4) is 0 Å². The van der Waals surface area contributed by atoms with E-state index in [-0.39, 0.29) is 108 Å². The Hall–Kier alpha value is 0.290. The minimum Gasteiger partial charge on any atom is -0.550 e. The van der Waals surface area contributed by atoms with E-state index in [1.165, 1.54) is 12.1 Å². The zero-order valence-corrected chi connectivity index (χ0v) is 24.7. The molecule has 2 rings (SSSR count). The van der Waals surface area contributed by atoms with Crippen LogP contribution in [0, 0.1) is 0 Å². The summed E-state index contributed by atoms with van der Waals surface area (Å²) in [6, 6.07) is 11.3. The fourth-order valence-corrected chi connectivity index (χ4v) is 3.10. The summed E-state index contributed by atoms with van der Waals surface area (Å²) in [4.78, 5) is 34.8. The molecule has 0 bridgehead atoms. The number of aromatic carboxylic acids is 2. The minimum atomic E-state index is -1.62. The van der Waals surface area contributed by atoms with Crippen LogP contribution in [-0.2, 0) is 17.9 Å². The van der Waals surface area contributed by atoms with E-state index in [0.29, 0.717) is 12.1 Å². The molecule has 0 amide bonds. The van der Waals surface area contributed by atoms with Crippen LogP contribution in [0.25, 0.3) is 0 Å². The normalized spacial score (nSPS) is 9.67. The molecule has 0 fully saturated rings. The predicted octanol–water partition coefficient (Wildman–Crippen LogP) is -9.67. The molecule has 142 valence electrons. The number of carbonyl (C=O) groups excluding carboxylic acids is 3. The van der Waals surface area contributed by atoms with Gasteiger partial charge in [-0.2, -0.15) is 0 Å². The zero-order valence-electron chi connectivity index (χ0n) is 17.1. The van der Waals surface area contributed by atoms with Crippen LogP contribution in [0.1, 0.15) is 38.3 Å². The molecule has 0 aliphatic heterocycles. The maximum absolute atomic E-state index is 11.2. The number of nitrogens with zero attached hydrogens (tertiary/aromatic N) is 1. The van der Waals surface area contributed by atoms with Crippen LogP contribution in [0.2, 0.25) is 0 Å². The number of rotatable bonds is 9. The van der Waals surface area contributed by atoms with E-state index in [9.17, 15) is 29.7 Å². The molecule has 7 nitrogen and oxygen atoms in total. The molecule has 11 heteroatoms. The largest absolute Gasteiger partial charge is 1.00 e. The topological polar surface area (TPSA) is 124 Å². The molecule has 0 N–H and O–H groups in total. The van der Waals surface area contributed by atoms with E-state index in [2.05, 4.69) is 15.9 Å². The molecule has 2 aromatic carbocycles. The number of carbonyl (C=O) groups is 3. The van der Waals surface area contributed by atoms with Crippen LogP contribution in [-0.4, -0.2) is 29.4 Å². The van der Waals surface area contributed by atoms with Crippen molar-refractivity contribution in [3.63, 3.8) is 0 Å². The van der Waals surface area contributed by atoms with Gasteiger partial charge in [0.15, 0.2) is 0 Å². The molecule has 0 radical (unpaired) electrons. The van der Waals surface area contributed by atoms with Crippen molar-refractivity contribution in [1.82, 2.24) is 4.90 Å². The number of hydrogen-bond acceptors (Lipinski definition) is 7. The van der Waals surface area contributed by atoms with Crippen molar-refractivity contribution in [3.05, 3.63) is 69.2 Å². The Labute approximate surface area is 249 Å². The monoisotopic (exact) mass is 501 g/mol.